The second-order valence-corrected chi connectivity index (χ2v) is 9.79. The van der Waals surface area contributed by atoms with Crippen molar-refractivity contribution in [3.8, 4) is 0 Å². The molecule has 2 bridgehead atoms. The zero-order valence-corrected chi connectivity index (χ0v) is 19.9. The number of hydrogen-bond donors (Lipinski definition) is 0. The van der Waals surface area contributed by atoms with E-state index < -0.39 is 0 Å². The molecule has 3 heterocycles. The molecule has 0 spiro atoms. The van der Waals surface area contributed by atoms with Crippen LogP contribution in [0.2, 0.25) is 0 Å². The molecule has 2 fully saturated rings. The van der Waals surface area contributed by atoms with Gasteiger partial charge >= 0.3 is 5.69 Å². The fourth-order valence-electron chi connectivity index (χ4n) is 5.60. The standard InChI is InChI=1S/C25H37FN4O2/c1-17(2)30-19(4)27-29(25(30)31)13-6-5-12-28-20-10-11-21(28)15-22(14-20)32-16-23-18(3)8-7-9-24(23)26/h7-9,17,20-22H,5-6,10-16H2,1-4H3. The Labute approximate surface area is 190 Å². The lowest BCUT2D eigenvalue weighted by molar-refractivity contribution is -0.0294. The monoisotopic (exact) mass is 444 g/mol. The zero-order valence-electron chi connectivity index (χ0n) is 19.9. The van der Waals surface area contributed by atoms with E-state index in [0.29, 0.717) is 30.8 Å². The van der Waals surface area contributed by atoms with Crippen LogP contribution in [-0.4, -0.2) is 44.0 Å². The molecule has 0 N–H and O–H groups in total. The lowest BCUT2D eigenvalue weighted by Gasteiger charge is -2.39. The van der Waals surface area contributed by atoms with Gasteiger partial charge in [0.15, 0.2) is 0 Å². The number of hydrogen-bond acceptors (Lipinski definition) is 4. The summed E-state index contributed by atoms with van der Waals surface area (Å²) in [7, 11) is 0. The minimum Gasteiger partial charge on any atom is -0.373 e. The Kier molecular flexibility index (Phi) is 7.15. The highest BCUT2D eigenvalue weighted by atomic mass is 19.1. The number of fused-ring (bicyclic) bond motifs is 2. The Balaban J connectivity index is 1.24. The van der Waals surface area contributed by atoms with E-state index in [0.717, 1.165) is 43.6 Å². The third-order valence-electron chi connectivity index (χ3n) is 7.25. The van der Waals surface area contributed by atoms with Gasteiger partial charge < -0.3 is 4.74 Å². The Hall–Kier alpha value is -1.99. The van der Waals surface area contributed by atoms with Crippen LogP contribution in [0, 0.1) is 19.7 Å². The number of benzene rings is 1. The van der Waals surface area contributed by atoms with E-state index in [1.54, 1.807) is 15.3 Å². The van der Waals surface area contributed by atoms with Crippen molar-refractivity contribution >= 4 is 0 Å². The summed E-state index contributed by atoms with van der Waals surface area (Å²) in [5, 5.41) is 4.44. The van der Waals surface area contributed by atoms with Gasteiger partial charge in [0.2, 0.25) is 0 Å². The van der Waals surface area contributed by atoms with Gasteiger partial charge in [0.05, 0.1) is 12.7 Å². The average molecular weight is 445 g/mol. The van der Waals surface area contributed by atoms with E-state index in [1.807, 2.05) is 33.8 Å². The van der Waals surface area contributed by atoms with Crippen LogP contribution < -0.4 is 5.69 Å². The SMILES string of the molecule is Cc1cccc(F)c1COC1CC2CCC(C1)N2CCCCn1nc(C)n(C(C)C)c1=O. The third kappa shape index (κ3) is 4.84. The van der Waals surface area contributed by atoms with E-state index in [4.69, 9.17) is 4.74 Å². The molecule has 176 valence electrons. The van der Waals surface area contributed by atoms with Crippen LogP contribution in [0.25, 0.3) is 0 Å². The molecule has 1 aromatic carbocycles. The van der Waals surface area contributed by atoms with Gasteiger partial charge in [0, 0.05) is 30.2 Å². The summed E-state index contributed by atoms with van der Waals surface area (Å²) in [4.78, 5) is 15.1. The third-order valence-corrected chi connectivity index (χ3v) is 7.25. The molecule has 2 saturated heterocycles. The van der Waals surface area contributed by atoms with E-state index in [2.05, 4.69) is 10.00 Å². The number of aryl methyl sites for hydroxylation is 3. The predicted octanol–water partition coefficient (Wildman–Crippen LogP) is 4.37. The first-order valence-electron chi connectivity index (χ1n) is 12.1. The van der Waals surface area contributed by atoms with Crippen molar-refractivity contribution in [3.05, 3.63) is 51.5 Å². The lowest BCUT2D eigenvalue weighted by atomic mass is 9.99. The number of aromatic nitrogens is 3. The van der Waals surface area contributed by atoms with E-state index >= 15 is 0 Å². The maximum Gasteiger partial charge on any atom is 0.346 e. The smallest absolute Gasteiger partial charge is 0.346 e. The molecule has 2 unspecified atom stereocenters. The number of rotatable bonds is 9. The minimum absolute atomic E-state index is 0.000576. The molecule has 0 amide bonds. The summed E-state index contributed by atoms with van der Waals surface area (Å²) < 4.78 is 23.7. The molecular formula is C25H37FN4O2. The van der Waals surface area contributed by atoms with Crippen LogP contribution in [0.5, 0.6) is 0 Å². The van der Waals surface area contributed by atoms with Crippen molar-refractivity contribution in [2.45, 2.75) is 104 Å². The lowest BCUT2D eigenvalue weighted by Crippen LogP contribution is -2.45. The van der Waals surface area contributed by atoms with Crippen LogP contribution in [-0.2, 0) is 17.9 Å². The Bertz CT molecular complexity index is 949. The van der Waals surface area contributed by atoms with Crippen molar-refractivity contribution in [1.82, 2.24) is 19.2 Å². The average Bonchev–Trinajstić information content (AvgIpc) is 3.15. The van der Waals surface area contributed by atoms with Gasteiger partial charge in [0.25, 0.3) is 0 Å². The van der Waals surface area contributed by atoms with Crippen molar-refractivity contribution in [3.63, 3.8) is 0 Å². The first-order chi connectivity index (χ1) is 15.3. The number of unbranched alkanes of at least 4 members (excludes halogenated alkanes) is 1. The Morgan fingerprint density at radius 3 is 2.44 bits per heavy atom. The van der Waals surface area contributed by atoms with Gasteiger partial charge in [-0.05, 0) is 84.4 Å². The van der Waals surface area contributed by atoms with Crippen LogP contribution in [0.1, 0.15) is 75.4 Å². The van der Waals surface area contributed by atoms with Crippen LogP contribution in [0.4, 0.5) is 4.39 Å². The summed E-state index contributed by atoms with van der Waals surface area (Å²) in [6, 6.07) is 6.46. The highest BCUT2D eigenvalue weighted by molar-refractivity contribution is 5.26. The molecule has 2 aliphatic heterocycles. The van der Waals surface area contributed by atoms with Gasteiger partial charge in [-0.25, -0.2) is 13.9 Å². The van der Waals surface area contributed by atoms with Crippen molar-refractivity contribution < 1.29 is 9.13 Å². The summed E-state index contributed by atoms with van der Waals surface area (Å²) in [5.74, 6) is 0.619. The largest absolute Gasteiger partial charge is 0.373 e. The Morgan fingerprint density at radius 2 is 1.81 bits per heavy atom. The van der Waals surface area contributed by atoms with Crippen molar-refractivity contribution in [1.29, 1.82) is 0 Å². The summed E-state index contributed by atoms with van der Waals surface area (Å²) in [6.45, 7) is 9.97. The summed E-state index contributed by atoms with van der Waals surface area (Å²) >= 11 is 0. The first kappa shape index (κ1) is 23.2. The van der Waals surface area contributed by atoms with Crippen LogP contribution in [0.3, 0.4) is 0 Å². The van der Waals surface area contributed by atoms with E-state index in [-0.39, 0.29) is 23.7 Å². The maximum absolute atomic E-state index is 14.1. The molecule has 2 aromatic rings. The molecular weight excluding hydrogens is 407 g/mol. The topological polar surface area (TPSA) is 52.3 Å². The van der Waals surface area contributed by atoms with Gasteiger partial charge in [-0.3, -0.25) is 9.47 Å². The van der Waals surface area contributed by atoms with Gasteiger partial charge in [0.1, 0.15) is 11.6 Å². The van der Waals surface area contributed by atoms with E-state index in [9.17, 15) is 9.18 Å². The molecule has 2 aliphatic rings. The van der Waals surface area contributed by atoms with Gasteiger partial charge in [-0.1, -0.05) is 12.1 Å². The molecule has 0 saturated carbocycles. The zero-order chi connectivity index (χ0) is 22.8. The first-order valence-corrected chi connectivity index (χ1v) is 12.1. The summed E-state index contributed by atoms with van der Waals surface area (Å²) in [5.41, 5.74) is 1.64. The predicted molar refractivity (Wildman–Crippen MR) is 123 cm³/mol. The van der Waals surface area contributed by atoms with Crippen LogP contribution >= 0.6 is 0 Å². The second-order valence-electron chi connectivity index (χ2n) is 9.79. The molecule has 4 rings (SSSR count). The fourth-order valence-corrected chi connectivity index (χ4v) is 5.60. The summed E-state index contributed by atoms with van der Waals surface area (Å²) in [6.07, 6.45) is 6.73. The molecule has 7 heteroatoms. The molecule has 32 heavy (non-hydrogen) atoms. The highest BCUT2D eigenvalue weighted by Crippen LogP contribution is 2.37. The molecule has 0 aliphatic carbocycles. The van der Waals surface area contributed by atoms with Crippen molar-refractivity contribution in [2.24, 2.45) is 0 Å². The molecule has 6 nitrogen and oxygen atoms in total. The quantitative estimate of drug-likeness (QED) is 0.539. The maximum atomic E-state index is 14.1. The number of halogens is 1. The number of piperidine rings is 1. The Morgan fingerprint density at radius 1 is 1.12 bits per heavy atom. The van der Waals surface area contributed by atoms with Gasteiger partial charge in [-0.15, -0.1) is 0 Å². The fraction of sp³-hybridized carbons (Fsp3) is 0.680. The van der Waals surface area contributed by atoms with E-state index in [1.165, 1.54) is 18.9 Å². The van der Waals surface area contributed by atoms with Crippen molar-refractivity contribution in [2.75, 3.05) is 6.54 Å². The highest BCUT2D eigenvalue weighted by Gasteiger charge is 2.40. The molecule has 2 atom stereocenters. The number of nitrogens with zero attached hydrogens (tertiary/aromatic N) is 4. The molecule has 1 aromatic heterocycles. The number of ether oxygens (including phenoxy) is 1. The molecule has 0 radical (unpaired) electrons. The normalized spacial score (nSPS) is 23.4. The second kappa shape index (κ2) is 9.87. The van der Waals surface area contributed by atoms with Gasteiger partial charge in [-0.2, -0.15) is 5.10 Å². The van der Waals surface area contributed by atoms with Crippen LogP contribution in [0.15, 0.2) is 23.0 Å². The minimum atomic E-state index is -0.169.